The molecule has 1 aromatic carbocycles. The van der Waals surface area contributed by atoms with Gasteiger partial charge in [-0.05, 0) is 48.0 Å². The summed E-state index contributed by atoms with van der Waals surface area (Å²) in [6, 6.07) is 12.9. The SMILES string of the molecule is N#Cc1ccc(F)cc1CN1CCNC(=O)c2ccc(N3c4cccnc4NC3O)nc21. The van der Waals surface area contributed by atoms with Gasteiger partial charge in [0.1, 0.15) is 17.5 Å². The molecule has 2 aromatic heterocycles. The highest BCUT2D eigenvalue weighted by atomic mass is 19.1. The quantitative estimate of drug-likeness (QED) is 0.577. The first-order chi connectivity index (χ1) is 15.5. The van der Waals surface area contributed by atoms with Crippen LogP contribution in [0.5, 0.6) is 0 Å². The van der Waals surface area contributed by atoms with Crippen molar-refractivity contribution in [1.82, 2.24) is 15.3 Å². The molecule has 0 aliphatic carbocycles. The second kappa shape index (κ2) is 7.79. The van der Waals surface area contributed by atoms with Crippen LogP contribution in [0, 0.1) is 17.1 Å². The fraction of sp³-hybridized carbons (Fsp3) is 0.182. The molecule has 1 amide bonds. The van der Waals surface area contributed by atoms with Crippen LogP contribution < -0.4 is 20.4 Å². The van der Waals surface area contributed by atoms with Crippen molar-refractivity contribution < 1.29 is 14.3 Å². The molecule has 32 heavy (non-hydrogen) atoms. The van der Waals surface area contributed by atoms with E-state index in [9.17, 15) is 19.6 Å². The van der Waals surface area contributed by atoms with Gasteiger partial charge in [-0.2, -0.15) is 5.26 Å². The molecule has 0 fully saturated rings. The number of nitriles is 1. The van der Waals surface area contributed by atoms with Crippen LogP contribution in [-0.2, 0) is 6.54 Å². The fourth-order valence-electron chi connectivity index (χ4n) is 3.93. The van der Waals surface area contributed by atoms with E-state index in [4.69, 9.17) is 4.98 Å². The fourth-order valence-corrected chi connectivity index (χ4v) is 3.93. The zero-order valence-electron chi connectivity index (χ0n) is 16.8. The van der Waals surface area contributed by atoms with Crippen LogP contribution in [0.25, 0.3) is 0 Å². The van der Waals surface area contributed by atoms with Gasteiger partial charge < -0.3 is 20.6 Å². The Morgan fingerprint density at radius 3 is 3.00 bits per heavy atom. The maximum absolute atomic E-state index is 13.9. The molecule has 160 valence electrons. The van der Waals surface area contributed by atoms with Crippen molar-refractivity contribution in [1.29, 1.82) is 5.26 Å². The van der Waals surface area contributed by atoms with Gasteiger partial charge in [-0.3, -0.25) is 9.69 Å². The van der Waals surface area contributed by atoms with Crippen molar-refractivity contribution in [3.63, 3.8) is 0 Å². The summed E-state index contributed by atoms with van der Waals surface area (Å²) in [5.41, 5.74) is 1.85. The van der Waals surface area contributed by atoms with E-state index in [1.54, 1.807) is 35.4 Å². The van der Waals surface area contributed by atoms with Gasteiger partial charge in [0.2, 0.25) is 6.35 Å². The molecular formula is C22H18FN7O2. The number of rotatable bonds is 3. The third kappa shape index (κ3) is 3.34. The van der Waals surface area contributed by atoms with Crippen LogP contribution in [0.1, 0.15) is 21.5 Å². The van der Waals surface area contributed by atoms with Gasteiger partial charge in [0.25, 0.3) is 5.91 Å². The molecule has 2 aliphatic heterocycles. The Morgan fingerprint density at radius 2 is 2.16 bits per heavy atom. The van der Waals surface area contributed by atoms with E-state index in [2.05, 4.69) is 21.7 Å². The Morgan fingerprint density at radius 1 is 1.28 bits per heavy atom. The Kier molecular flexibility index (Phi) is 4.80. The lowest BCUT2D eigenvalue weighted by atomic mass is 10.1. The summed E-state index contributed by atoms with van der Waals surface area (Å²) in [6.45, 7) is 0.968. The average Bonchev–Trinajstić information content (AvgIpc) is 3.05. The molecule has 0 radical (unpaired) electrons. The molecule has 3 N–H and O–H groups in total. The standard InChI is InChI=1S/C22H18FN7O2/c23-15-4-3-13(11-24)14(10-15)12-29-9-8-26-21(31)16-5-6-18(27-20(16)29)30-17-2-1-7-25-19(17)28-22(30)32/h1-7,10,22,32H,8-9,12H2,(H,25,28)(H,26,31). The molecule has 0 saturated heterocycles. The summed E-state index contributed by atoms with van der Waals surface area (Å²) in [5, 5.41) is 25.7. The molecule has 0 spiro atoms. The van der Waals surface area contributed by atoms with E-state index < -0.39 is 12.2 Å². The molecule has 10 heteroatoms. The van der Waals surface area contributed by atoms with Crippen molar-refractivity contribution in [2.75, 3.05) is 28.2 Å². The van der Waals surface area contributed by atoms with Crippen LogP contribution in [0.3, 0.4) is 0 Å². The van der Waals surface area contributed by atoms with Crippen molar-refractivity contribution in [3.05, 3.63) is 71.2 Å². The summed E-state index contributed by atoms with van der Waals surface area (Å²) in [4.78, 5) is 24.9. The van der Waals surface area contributed by atoms with Crippen molar-refractivity contribution >= 4 is 29.0 Å². The monoisotopic (exact) mass is 431 g/mol. The largest absolute Gasteiger partial charge is 0.356 e. The smallest absolute Gasteiger partial charge is 0.255 e. The third-order valence-corrected chi connectivity index (χ3v) is 5.42. The van der Waals surface area contributed by atoms with Gasteiger partial charge in [-0.1, -0.05) is 0 Å². The first-order valence-electron chi connectivity index (χ1n) is 9.97. The number of carbonyl (C=O) groups excluding carboxylic acids is 1. The molecular weight excluding hydrogens is 413 g/mol. The number of fused-ring (bicyclic) bond motifs is 2. The van der Waals surface area contributed by atoms with Gasteiger partial charge in [0.05, 0.1) is 22.9 Å². The first kappa shape index (κ1) is 19.7. The minimum Gasteiger partial charge on any atom is -0.356 e. The second-order valence-electron chi connectivity index (χ2n) is 7.39. The maximum Gasteiger partial charge on any atom is 0.255 e. The van der Waals surface area contributed by atoms with Crippen LogP contribution in [-0.4, -0.2) is 40.4 Å². The highest BCUT2D eigenvalue weighted by Gasteiger charge is 2.32. The summed E-state index contributed by atoms with van der Waals surface area (Å²) in [5.74, 6) is 0.596. The number of benzene rings is 1. The lowest BCUT2D eigenvalue weighted by Gasteiger charge is -2.26. The molecule has 0 saturated carbocycles. The number of aliphatic hydroxyl groups excluding tert-OH is 1. The van der Waals surface area contributed by atoms with Gasteiger partial charge in [-0.25, -0.2) is 14.4 Å². The molecule has 0 bridgehead atoms. The summed E-state index contributed by atoms with van der Waals surface area (Å²) in [7, 11) is 0. The van der Waals surface area contributed by atoms with E-state index >= 15 is 0 Å². The van der Waals surface area contributed by atoms with E-state index in [0.717, 1.165) is 0 Å². The van der Waals surface area contributed by atoms with Gasteiger partial charge in [0, 0.05) is 25.8 Å². The van der Waals surface area contributed by atoms with Crippen LogP contribution in [0.4, 0.5) is 27.5 Å². The molecule has 4 heterocycles. The predicted molar refractivity (Wildman–Crippen MR) is 115 cm³/mol. The molecule has 9 nitrogen and oxygen atoms in total. The van der Waals surface area contributed by atoms with E-state index in [1.807, 2.05) is 4.90 Å². The van der Waals surface area contributed by atoms with Crippen molar-refractivity contribution in [2.24, 2.45) is 0 Å². The zero-order chi connectivity index (χ0) is 22.2. The zero-order valence-corrected chi connectivity index (χ0v) is 16.8. The van der Waals surface area contributed by atoms with Gasteiger partial charge >= 0.3 is 0 Å². The highest BCUT2D eigenvalue weighted by molar-refractivity contribution is 6.00. The predicted octanol–water partition coefficient (Wildman–Crippen LogP) is 2.08. The van der Waals surface area contributed by atoms with E-state index in [0.29, 0.717) is 52.9 Å². The molecule has 1 atom stereocenters. The molecule has 2 aliphatic rings. The van der Waals surface area contributed by atoms with Gasteiger partial charge in [-0.15, -0.1) is 0 Å². The lowest BCUT2D eigenvalue weighted by molar-refractivity contribution is 0.0958. The average molecular weight is 431 g/mol. The highest BCUT2D eigenvalue weighted by Crippen LogP contribution is 2.38. The number of aromatic nitrogens is 2. The Hall–Kier alpha value is -4.23. The lowest BCUT2D eigenvalue weighted by Crippen LogP contribution is -2.33. The van der Waals surface area contributed by atoms with E-state index in [1.165, 1.54) is 18.2 Å². The number of halogens is 1. The molecule has 1 unspecified atom stereocenters. The van der Waals surface area contributed by atoms with Crippen LogP contribution in [0.2, 0.25) is 0 Å². The number of amides is 1. The number of nitrogens with one attached hydrogen (secondary N) is 2. The minimum absolute atomic E-state index is 0.192. The van der Waals surface area contributed by atoms with Crippen LogP contribution in [0.15, 0.2) is 48.7 Å². The van der Waals surface area contributed by atoms with Crippen LogP contribution >= 0.6 is 0 Å². The Bertz CT molecular complexity index is 1260. The van der Waals surface area contributed by atoms with Gasteiger partial charge in [0.15, 0.2) is 5.82 Å². The second-order valence-corrected chi connectivity index (χ2v) is 7.39. The van der Waals surface area contributed by atoms with E-state index in [-0.39, 0.29) is 12.5 Å². The third-order valence-electron chi connectivity index (χ3n) is 5.42. The maximum atomic E-state index is 13.9. The number of pyridine rings is 2. The number of anilines is 4. The number of hydrogen-bond donors (Lipinski definition) is 3. The topological polar surface area (TPSA) is 117 Å². The normalized spacial score (nSPS) is 17.0. The molecule has 3 aromatic rings. The summed E-state index contributed by atoms with van der Waals surface area (Å²) in [6.07, 6.45) is 0.538. The Balaban J connectivity index is 1.58. The Labute approximate surface area is 182 Å². The minimum atomic E-state index is -1.08. The number of carbonyl (C=O) groups is 1. The number of aliphatic hydroxyl groups is 1. The number of hydrogen-bond acceptors (Lipinski definition) is 8. The first-order valence-corrected chi connectivity index (χ1v) is 9.97. The summed E-state index contributed by atoms with van der Waals surface area (Å²) >= 11 is 0. The number of nitrogens with zero attached hydrogens (tertiary/aromatic N) is 5. The van der Waals surface area contributed by atoms with Crippen molar-refractivity contribution in [2.45, 2.75) is 12.9 Å². The summed E-state index contributed by atoms with van der Waals surface area (Å²) < 4.78 is 13.9. The van der Waals surface area contributed by atoms with Crippen molar-refractivity contribution in [3.8, 4) is 6.07 Å². The molecule has 5 rings (SSSR count).